The second kappa shape index (κ2) is 31.9. The van der Waals surface area contributed by atoms with E-state index in [4.69, 9.17) is 40.9 Å². The number of benzene rings is 8. The van der Waals surface area contributed by atoms with E-state index < -0.39 is 0 Å². The Morgan fingerprint density at radius 3 is 1.06 bits per heavy atom. The maximum absolute atomic E-state index is 9.10. The van der Waals surface area contributed by atoms with Crippen molar-refractivity contribution in [3.63, 3.8) is 0 Å². The third-order valence-corrected chi connectivity index (χ3v) is 9.46. The van der Waals surface area contributed by atoms with Gasteiger partial charge in [0.1, 0.15) is 46.0 Å². The third-order valence-electron chi connectivity index (χ3n) is 9.46. The van der Waals surface area contributed by atoms with Gasteiger partial charge in [-0.25, -0.2) is 0 Å². The molecule has 0 bridgehead atoms. The zero-order valence-corrected chi connectivity index (χ0v) is 40.6. The Morgan fingerprint density at radius 1 is 0.254 bits per heavy atom. The summed E-state index contributed by atoms with van der Waals surface area (Å²) in [6.07, 6.45) is 1.03. The Bertz CT molecular complexity index is 2390. The van der Waals surface area contributed by atoms with Crippen molar-refractivity contribution in [2.45, 2.75) is 75.7 Å². The molecule has 8 rings (SSSR count). The number of aromatic hydroxyl groups is 8. The first-order valence-electron chi connectivity index (χ1n) is 21.8. The molecule has 0 aromatic heterocycles. The fourth-order valence-corrected chi connectivity index (χ4v) is 5.15. The van der Waals surface area contributed by atoms with Crippen LogP contribution < -0.4 is 0 Å². The number of phenols is 8. The molecule has 0 aliphatic carbocycles. The molecule has 0 atom stereocenters. The van der Waals surface area contributed by atoms with Crippen molar-refractivity contribution in [2.75, 3.05) is 0 Å². The largest absolute Gasteiger partial charge is 0.508 e. The standard InChI is InChI=1S/4C8H10O.3C7H8O.C6H6O/c1-6-3-4-8(9)5-7(6)2;1-6-3-4-8(9)7(2)5-6;1-6-3-4-7(2)8(9)5-6;1-2-7-3-5-8(9)6-4-7;1-6-2-4-7(8)5-3-6;1-6-3-2-4-7(8)5-6;1-6-4-2-3-5-7(6)8;7-6-4-2-1-3-5-6/h3*3-5,9H,1-2H3;3-6,9H,2H2,1H3;3*2-5,8H,1H3;1-5,7H. The lowest BCUT2D eigenvalue weighted by molar-refractivity contribution is 0.470. The van der Waals surface area contributed by atoms with E-state index in [2.05, 4.69) is 6.92 Å². The summed E-state index contributed by atoms with van der Waals surface area (Å²) < 4.78 is 0. The minimum absolute atomic E-state index is 0.322. The molecule has 0 amide bonds. The second-order valence-corrected chi connectivity index (χ2v) is 15.7. The Morgan fingerprint density at radius 2 is 0.672 bits per heavy atom. The summed E-state index contributed by atoms with van der Waals surface area (Å²) in [5.74, 6) is 2.80. The van der Waals surface area contributed by atoms with Gasteiger partial charge in [0.25, 0.3) is 0 Å². The van der Waals surface area contributed by atoms with Crippen molar-refractivity contribution in [3.8, 4) is 46.0 Å². The molecule has 8 nitrogen and oxygen atoms in total. The van der Waals surface area contributed by atoms with E-state index in [9.17, 15) is 0 Å². The lowest BCUT2D eigenvalue weighted by atomic mass is 10.1. The van der Waals surface area contributed by atoms with Crippen LogP contribution in [0.15, 0.2) is 182 Å². The van der Waals surface area contributed by atoms with Gasteiger partial charge in [-0.2, -0.15) is 0 Å². The topological polar surface area (TPSA) is 162 Å². The number of rotatable bonds is 1. The molecule has 0 saturated heterocycles. The van der Waals surface area contributed by atoms with Crippen molar-refractivity contribution >= 4 is 0 Å². The molecule has 8 aromatic carbocycles. The van der Waals surface area contributed by atoms with Gasteiger partial charge in [0.05, 0.1) is 0 Å². The van der Waals surface area contributed by atoms with Crippen LogP contribution in [0.1, 0.15) is 62.6 Å². The molecule has 0 heterocycles. The normalized spacial score (nSPS) is 9.28. The van der Waals surface area contributed by atoms with Crippen LogP contribution in [0.3, 0.4) is 0 Å². The molecule has 0 aliphatic heterocycles. The molecule has 0 radical (unpaired) electrons. The first-order chi connectivity index (χ1) is 31.7. The van der Waals surface area contributed by atoms with Gasteiger partial charge >= 0.3 is 0 Å². The molecule has 8 heteroatoms. The molecule has 0 unspecified atom stereocenters. The van der Waals surface area contributed by atoms with Crippen molar-refractivity contribution in [1.82, 2.24) is 0 Å². The van der Waals surface area contributed by atoms with Gasteiger partial charge in [-0.3, -0.25) is 0 Å². The maximum Gasteiger partial charge on any atom is 0.118 e. The number of hydrogen-bond donors (Lipinski definition) is 8. The van der Waals surface area contributed by atoms with E-state index in [0.717, 1.165) is 39.8 Å². The minimum atomic E-state index is 0.322. The van der Waals surface area contributed by atoms with Crippen molar-refractivity contribution in [1.29, 1.82) is 0 Å². The van der Waals surface area contributed by atoms with E-state index in [1.807, 2.05) is 153 Å². The Balaban J connectivity index is 0.000000383. The van der Waals surface area contributed by atoms with Gasteiger partial charge in [-0.1, -0.05) is 121 Å². The monoisotopic (exact) mass is 907 g/mol. The smallest absolute Gasteiger partial charge is 0.118 e. The highest BCUT2D eigenvalue weighted by Gasteiger charge is 1.94. The van der Waals surface area contributed by atoms with E-state index in [-0.39, 0.29) is 0 Å². The molecular weight excluding hydrogens is 837 g/mol. The minimum Gasteiger partial charge on any atom is -0.508 e. The summed E-state index contributed by atoms with van der Waals surface area (Å²) >= 11 is 0. The van der Waals surface area contributed by atoms with Crippen LogP contribution in [0.5, 0.6) is 46.0 Å². The van der Waals surface area contributed by atoms with E-state index in [1.54, 1.807) is 91.0 Å². The summed E-state index contributed by atoms with van der Waals surface area (Å²) in [6.45, 7) is 19.6. The number of para-hydroxylation sites is 2. The Hall–Kier alpha value is -7.84. The molecule has 0 aliphatic rings. The highest BCUT2D eigenvalue weighted by atomic mass is 16.3. The van der Waals surface area contributed by atoms with Gasteiger partial charge in [-0.15, -0.1) is 0 Å². The maximum atomic E-state index is 9.10. The number of phenolic OH excluding ortho intramolecular Hbond substituents is 8. The van der Waals surface area contributed by atoms with Crippen LogP contribution in [0.25, 0.3) is 0 Å². The number of hydrogen-bond acceptors (Lipinski definition) is 8. The van der Waals surface area contributed by atoms with Gasteiger partial charge in [0.2, 0.25) is 0 Å². The lowest BCUT2D eigenvalue weighted by Gasteiger charge is -1.97. The zero-order chi connectivity index (χ0) is 50.3. The average molecular weight is 907 g/mol. The molecule has 8 N–H and O–H groups in total. The Kier molecular flexibility index (Phi) is 27.2. The van der Waals surface area contributed by atoms with Crippen LogP contribution >= 0.6 is 0 Å². The predicted octanol–water partition coefficient (Wildman–Crippen LogP) is 14.5. The SMILES string of the molecule is CCc1ccc(O)cc1.Cc1ccc(C)c(O)c1.Cc1ccc(O)c(C)c1.Cc1ccc(O)cc1.Cc1ccc(O)cc1C.Cc1cccc(O)c1.Cc1ccccc1O.Oc1ccccc1. The molecule has 354 valence electrons. The summed E-state index contributed by atoms with van der Waals surface area (Å²) in [5.41, 5.74) is 10.9. The second-order valence-electron chi connectivity index (χ2n) is 15.7. The Labute approximate surface area is 398 Å². The molecule has 67 heavy (non-hydrogen) atoms. The zero-order valence-electron chi connectivity index (χ0n) is 40.6. The van der Waals surface area contributed by atoms with Crippen molar-refractivity contribution in [3.05, 3.63) is 238 Å². The molecule has 0 fully saturated rings. The molecular formula is C59H70O8. The fourth-order valence-electron chi connectivity index (χ4n) is 5.15. The van der Waals surface area contributed by atoms with Crippen LogP contribution in [-0.4, -0.2) is 40.9 Å². The lowest BCUT2D eigenvalue weighted by Crippen LogP contribution is -1.76. The van der Waals surface area contributed by atoms with E-state index in [0.29, 0.717) is 46.0 Å². The van der Waals surface area contributed by atoms with Gasteiger partial charge < -0.3 is 40.9 Å². The van der Waals surface area contributed by atoms with Crippen LogP contribution in [-0.2, 0) is 6.42 Å². The van der Waals surface area contributed by atoms with E-state index in [1.165, 1.54) is 22.3 Å². The highest BCUT2D eigenvalue weighted by Crippen LogP contribution is 2.18. The summed E-state index contributed by atoms with van der Waals surface area (Å²) in [4.78, 5) is 0. The highest BCUT2D eigenvalue weighted by molar-refractivity contribution is 5.36. The van der Waals surface area contributed by atoms with E-state index >= 15 is 0 Å². The van der Waals surface area contributed by atoms with Crippen molar-refractivity contribution < 1.29 is 40.9 Å². The summed E-state index contributed by atoms with van der Waals surface area (Å²) in [5, 5.41) is 71.1. The van der Waals surface area contributed by atoms with Crippen LogP contribution in [0.4, 0.5) is 0 Å². The molecule has 0 saturated carbocycles. The number of aryl methyl sites for hydroxylation is 10. The van der Waals surface area contributed by atoms with Crippen LogP contribution in [0, 0.1) is 62.3 Å². The first kappa shape index (κ1) is 57.2. The summed E-state index contributed by atoms with van der Waals surface area (Å²) in [6, 6.07) is 54.0. The molecule has 8 aromatic rings. The predicted molar refractivity (Wildman–Crippen MR) is 277 cm³/mol. The summed E-state index contributed by atoms with van der Waals surface area (Å²) in [7, 11) is 0. The van der Waals surface area contributed by atoms with Crippen molar-refractivity contribution in [2.24, 2.45) is 0 Å². The van der Waals surface area contributed by atoms with Gasteiger partial charge in [-0.05, 0) is 192 Å². The van der Waals surface area contributed by atoms with Gasteiger partial charge in [0, 0.05) is 0 Å². The third kappa shape index (κ3) is 27.2. The molecule has 0 spiro atoms. The van der Waals surface area contributed by atoms with Gasteiger partial charge in [0.15, 0.2) is 0 Å². The fraction of sp³-hybridized carbons (Fsp3) is 0.186. The average Bonchev–Trinajstić information content (AvgIpc) is 3.29. The first-order valence-corrected chi connectivity index (χ1v) is 21.8. The van der Waals surface area contributed by atoms with Crippen LogP contribution in [0.2, 0.25) is 0 Å². The quantitative estimate of drug-likeness (QED) is 0.0807.